The van der Waals surface area contributed by atoms with Crippen LogP contribution in [0.1, 0.15) is 31.2 Å². The average molecular weight is 216 g/mol. The minimum Gasteiger partial charge on any atom is -0.468 e. The van der Waals surface area contributed by atoms with E-state index >= 15 is 0 Å². The van der Waals surface area contributed by atoms with Crippen LogP contribution < -0.4 is 10.1 Å². The van der Waals surface area contributed by atoms with Gasteiger partial charge in [-0.3, -0.25) is 4.99 Å². The number of amidine groups is 1. The highest BCUT2D eigenvalue weighted by molar-refractivity contribution is 5.85. The fourth-order valence-corrected chi connectivity index (χ4v) is 2.77. The number of nitrogens with zero attached hydrogens (tertiary/aromatic N) is 1. The molecule has 1 fully saturated rings. The summed E-state index contributed by atoms with van der Waals surface area (Å²) in [6, 6.07) is 8.32. The lowest BCUT2D eigenvalue weighted by molar-refractivity contribution is 0.0292. The van der Waals surface area contributed by atoms with Crippen molar-refractivity contribution in [1.29, 1.82) is 0 Å². The molecule has 3 nitrogen and oxygen atoms in total. The molecule has 84 valence electrons. The number of hydrogen-bond acceptors (Lipinski definition) is 2. The topological polar surface area (TPSA) is 33.6 Å². The van der Waals surface area contributed by atoms with E-state index in [2.05, 4.69) is 35.4 Å². The molecule has 2 heterocycles. The number of benzene rings is 1. The van der Waals surface area contributed by atoms with Crippen molar-refractivity contribution in [2.75, 3.05) is 7.05 Å². The monoisotopic (exact) mass is 216 g/mol. The van der Waals surface area contributed by atoms with Crippen LogP contribution in [0.5, 0.6) is 5.75 Å². The Kier molecular flexibility index (Phi) is 1.96. The Morgan fingerprint density at radius 2 is 2.25 bits per heavy atom. The van der Waals surface area contributed by atoms with Gasteiger partial charge in [0.1, 0.15) is 5.75 Å². The van der Waals surface area contributed by atoms with Gasteiger partial charge in [0.2, 0.25) is 0 Å². The van der Waals surface area contributed by atoms with Crippen LogP contribution in [0, 0.1) is 0 Å². The minimum atomic E-state index is -0.286. The van der Waals surface area contributed by atoms with Crippen LogP contribution in [0.25, 0.3) is 0 Å². The van der Waals surface area contributed by atoms with Crippen LogP contribution in [-0.4, -0.2) is 18.6 Å². The van der Waals surface area contributed by atoms with Crippen molar-refractivity contribution < 1.29 is 4.74 Å². The van der Waals surface area contributed by atoms with Gasteiger partial charge in [0.25, 0.3) is 0 Å². The molecule has 3 heteroatoms. The van der Waals surface area contributed by atoms with E-state index < -0.39 is 0 Å². The number of para-hydroxylation sites is 1. The summed E-state index contributed by atoms with van der Waals surface area (Å²) >= 11 is 0. The third kappa shape index (κ3) is 1.39. The van der Waals surface area contributed by atoms with Gasteiger partial charge in [-0.1, -0.05) is 18.2 Å². The largest absolute Gasteiger partial charge is 0.468 e. The SMILES string of the molecule is CN=C1CC2CC(C)(N1)Oc1ccccc12. The second-order valence-corrected chi connectivity index (χ2v) is 4.77. The molecule has 0 saturated carbocycles. The van der Waals surface area contributed by atoms with Crippen molar-refractivity contribution >= 4 is 5.84 Å². The summed E-state index contributed by atoms with van der Waals surface area (Å²) in [6.07, 6.45) is 2.01. The number of rotatable bonds is 0. The normalized spacial score (nSPS) is 33.9. The zero-order valence-corrected chi connectivity index (χ0v) is 9.66. The number of fused-ring (bicyclic) bond motifs is 4. The molecule has 2 atom stereocenters. The van der Waals surface area contributed by atoms with Crippen molar-refractivity contribution in [2.24, 2.45) is 4.99 Å². The summed E-state index contributed by atoms with van der Waals surface area (Å²) < 4.78 is 6.03. The van der Waals surface area contributed by atoms with E-state index in [0.717, 1.165) is 24.4 Å². The summed E-state index contributed by atoms with van der Waals surface area (Å²) in [7, 11) is 1.83. The quantitative estimate of drug-likeness (QED) is 0.722. The Bertz CT molecular complexity index is 455. The molecule has 0 spiro atoms. The van der Waals surface area contributed by atoms with Gasteiger partial charge in [0.05, 0.1) is 5.84 Å². The van der Waals surface area contributed by atoms with Crippen LogP contribution in [0.4, 0.5) is 0 Å². The molecule has 1 saturated heterocycles. The summed E-state index contributed by atoms with van der Waals surface area (Å²) in [5.74, 6) is 2.60. The fraction of sp³-hybridized carbons (Fsp3) is 0.462. The molecular formula is C13H16N2O. The number of nitrogens with one attached hydrogen (secondary N) is 1. The minimum absolute atomic E-state index is 0.286. The van der Waals surface area contributed by atoms with Crippen molar-refractivity contribution in [3.63, 3.8) is 0 Å². The predicted molar refractivity (Wildman–Crippen MR) is 63.9 cm³/mol. The molecule has 3 rings (SSSR count). The number of ether oxygens (including phenoxy) is 1. The van der Waals surface area contributed by atoms with Gasteiger partial charge in [-0.25, -0.2) is 0 Å². The van der Waals surface area contributed by atoms with Crippen LogP contribution in [-0.2, 0) is 0 Å². The van der Waals surface area contributed by atoms with E-state index in [1.54, 1.807) is 0 Å². The van der Waals surface area contributed by atoms with Gasteiger partial charge in [-0.2, -0.15) is 0 Å². The van der Waals surface area contributed by atoms with Crippen molar-refractivity contribution in [3.05, 3.63) is 29.8 Å². The molecule has 0 amide bonds. The molecule has 2 aliphatic heterocycles. The standard InChI is InChI=1S/C13H16N2O/c1-13-8-9(7-12(14-2)15-13)10-5-3-4-6-11(10)16-13/h3-6,9H,7-8H2,1-2H3,(H,14,15). The molecule has 1 N–H and O–H groups in total. The lowest BCUT2D eigenvalue weighted by Crippen LogP contribution is -2.57. The maximum absolute atomic E-state index is 6.03. The number of piperidine rings is 1. The van der Waals surface area contributed by atoms with Gasteiger partial charge >= 0.3 is 0 Å². The van der Waals surface area contributed by atoms with Gasteiger partial charge < -0.3 is 10.1 Å². The second-order valence-electron chi connectivity index (χ2n) is 4.77. The lowest BCUT2D eigenvalue weighted by Gasteiger charge is -2.45. The molecule has 1 aromatic carbocycles. The average Bonchev–Trinajstić information content (AvgIpc) is 2.27. The molecule has 1 aromatic rings. The van der Waals surface area contributed by atoms with E-state index in [9.17, 15) is 0 Å². The zero-order chi connectivity index (χ0) is 11.2. The predicted octanol–water partition coefficient (Wildman–Crippen LogP) is 2.29. The Hall–Kier alpha value is -1.51. The molecule has 0 aromatic heterocycles. The van der Waals surface area contributed by atoms with Gasteiger partial charge in [-0.15, -0.1) is 0 Å². The maximum Gasteiger partial charge on any atom is 0.179 e. The Morgan fingerprint density at radius 1 is 1.44 bits per heavy atom. The smallest absolute Gasteiger partial charge is 0.179 e. The molecule has 2 aliphatic rings. The van der Waals surface area contributed by atoms with Crippen LogP contribution in [0.15, 0.2) is 29.3 Å². The highest BCUT2D eigenvalue weighted by Crippen LogP contribution is 2.43. The van der Waals surface area contributed by atoms with E-state index in [1.165, 1.54) is 5.56 Å². The van der Waals surface area contributed by atoms with Gasteiger partial charge in [0.15, 0.2) is 5.72 Å². The van der Waals surface area contributed by atoms with E-state index in [0.29, 0.717) is 5.92 Å². The zero-order valence-electron chi connectivity index (χ0n) is 9.66. The van der Waals surface area contributed by atoms with E-state index in [-0.39, 0.29) is 5.72 Å². The van der Waals surface area contributed by atoms with E-state index in [4.69, 9.17) is 4.74 Å². The molecular weight excluding hydrogens is 200 g/mol. The van der Waals surface area contributed by atoms with Crippen LogP contribution >= 0.6 is 0 Å². The van der Waals surface area contributed by atoms with Crippen molar-refractivity contribution in [1.82, 2.24) is 5.32 Å². The molecule has 2 unspecified atom stereocenters. The second kappa shape index (κ2) is 3.24. The number of hydrogen-bond donors (Lipinski definition) is 1. The Morgan fingerprint density at radius 3 is 3.06 bits per heavy atom. The summed E-state index contributed by atoms with van der Waals surface area (Å²) in [6.45, 7) is 2.10. The summed E-state index contributed by atoms with van der Waals surface area (Å²) in [4.78, 5) is 4.27. The van der Waals surface area contributed by atoms with Gasteiger partial charge in [-0.05, 0) is 18.6 Å². The van der Waals surface area contributed by atoms with Crippen LogP contribution in [0.2, 0.25) is 0 Å². The fourth-order valence-electron chi connectivity index (χ4n) is 2.77. The van der Waals surface area contributed by atoms with Crippen molar-refractivity contribution in [2.45, 2.75) is 31.4 Å². The maximum atomic E-state index is 6.03. The van der Waals surface area contributed by atoms with Crippen molar-refractivity contribution in [3.8, 4) is 5.75 Å². The third-order valence-electron chi connectivity index (χ3n) is 3.45. The summed E-state index contributed by atoms with van der Waals surface area (Å²) in [5.41, 5.74) is 1.04. The van der Waals surface area contributed by atoms with E-state index in [1.807, 2.05) is 13.1 Å². The number of aliphatic imine (C=N–C) groups is 1. The third-order valence-corrected chi connectivity index (χ3v) is 3.45. The molecule has 16 heavy (non-hydrogen) atoms. The first kappa shape index (κ1) is 9.70. The molecule has 0 radical (unpaired) electrons. The first-order valence-electron chi connectivity index (χ1n) is 5.72. The first-order chi connectivity index (χ1) is 7.70. The Labute approximate surface area is 95.5 Å². The lowest BCUT2D eigenvalue weighted by atomic mass is 9.82. The highest BCUT2D eigenvalue weighted by atomic mass is 16.5. The highest BCUT2D eigenvalue weighted by Gasteiger charge is 2.42. The molecule has 0 aliphatic carbocycles. The first-order valence-corrected chi connectivity index (χ1v) is 5.72. The summed E-state index contributed by atoms with van der Waals surface area (Å²) in [5, 5.41) is 3.38. The van der Waals surface area contributed by atoms with Crippen LogP contribution in [0.3, 0.4) is 0 Å². The molecule has 2 bridgehead atoms. The Balaban J connectivity index is 2.07. The van der Waals surface area contributed by atoms with Gasteiger partial charge in [0, 0.05) is 25.8 Å².